The molecule has 2 unspecified atom stereocenters. The quantitative estimate of drug-likeness (QED) is 0.159. The Morgan fingerprint density at radius 2 is 1.71 bits per heavy atom. The number of rotatable bonds is 12. The van der Waals surface area contributed by atoms with Crippen LogP contribution in [-0.4, -0.2) is 43.4 Å². The zero-order valence-electron chi connectivity index (χ0n) is 22.3. The van der Waals surface area contributed by atoms with E-state index >= 15 is 0 Å². The highest BCUT2D eigenvalue weighted by atomic mass is 32.2. The van der Waals surface area contributed by atoms with Gasteiger partial charge in [-0.25, -0.2) is 12.8 Å². The molecule has 0 aliphatic heterocycles. The van der Waals surface area contributed by atoms with Gasteiger partial charge in [-0.3, -0.25) is 9.52 Å². The van der Waals surface area contributed by atoms with E-state index in [2.05, 4.69) is 15.4 Å². The van der Waals surface area contributed by atoms with Crippen molar-refractivity contribution in [1.29, 1.82) is 0 Å². The summed E-state index contributed by atoms with van der Waals surface area (Å²) in [7, 11) is -3.62. The summed E-state index contributed by atoms with van der Waals surface area (Å²) in [4.78, 5) is 12.4. The average molecular weight is 598 g/mol. The number of anilines is 1. The first-order valence-corrected chi connectivity index (χ1v) is 14.4. The molecular weight excluding hydrogens is 566 g/mol. The zero-order chi connectivity index (χ0) is 30.4. The van der Waals surface area contributed by atoms with Crippen molar-refractivity contribution in [3.8, 4) is 5.75 Å². The van der Waals surface area contributed by atoms with Gasteiger partial charge in [0.05, 0.1) is 30.0 Å². The third-order valence-corrected chi connectivity index (χ3v) is 6.62. The van der Waals surface area contributed by atoms with Gasteiger partial charge >= 0.3 is 6.18 Å². The molecule has 0 fully saturated rings. The highest BCUT2D eigenvalue weighted by Crippen LogP contribution is 2.30. The highest BCUT2D eigenvalue weighted by molar-refractivity contribution is 7.92. The summed E-state index contributed by atoms with van der Waals surface area (Å²) in [5, 5.41) is 26.1. The monoisotopic (exact) mass is 597 g/mol. The Hall–Kier alpha value is -3.68. The van der Waals surface area contributed by atoms with Crippen molar-refractivity contribution < 1.29 is 41.0 Å². The van der Waals surface area contributed by atoms with E-state index in [9.17, 15) is 41.0 Å². The number of hydrogen-bond acceptors (Lipinski definition) is 6. The van der Waals surface area contributed by atoms with Crippen molar-refractivity contribution >= 4 is 21.6 Å². The van der Waals surface area contributed by atoms with Gasteiger partial charge in [-0.1, -0.05) is 30.3 Å². The number of benzene rings is 3. The molecule has 1 amide bonds. The van der Waals surface area contributed by atoms with E-state index in [1.54, 1.807) is 12.1 Å². The number of amides is 1. The van der Waals surface area contributed by atoms with Gasteiger partial charge in [0.2, 0.25) is 15.9 Å². The normalized spacial score (nSPS) is 13.4. The summed E-state index contributed by atoms with van der Waals surface area (Å²) < 4.78 is 77.5. The van der Waals surface area contributed by atoms with Crippen molar-refractivity contribution in [2.45, 2.75) is 44.6 Å². The number of nitrogens with one attached hydrogen (secondary N) is 3. The van der Waals surface area contributed by atoms with E-state index in [4.69, 9.17) is 0 Å². The van der Waals surface area contributed by atoms with E-state index in [0.717, 1.165) is 24.0 Å². The van der Waals surface area contributed by atoms with E-state index in [1.807, 2.05) is 19.1 Å². The second kappa shape index (κ2) is 13.3. The van der Waals surface area contributed by atoms with Gasteiger partial charge in [-0.2, -0.15) is 13.2 Å². The first-order chi connectivity index (χ1) is 19.1. The molecule has 0 aromatic heterocycles. The van der Waals surface area contributed by atoms with Crippen LogP contribution in [-0.2, 0) is 40.4 Å². The fourth-order valence-corrected chi connectivity index (χ4v) is 4.69. The molecule has 0 aliphatic rings. The van der Waals surface area contributed by atoms with Crippen molar-refractivity contribution in [3.63, 3.8) is 0 Å². The molecule has 41 heavy (non-hydrogen) atoms. The minimum absolute atomic E-state index is 0.00306. The molecule has 0 saturated carbocycles. The predicted octanol–water partition coefficient (Wildman–Crippen LogP) is 4.03. The molecule has 0 radical (unpaired) electrons. The maximum atomic E-state index is 13.6. The number of phenols is 1. The van der Waals surface area contributed by atoms with Crippen LogP contribution in [0.25, 0.3) is 0 Å². The van der Waals surface area contributed by atoms with Crippen LogP contribution >= 0.6 is 0 Å². The number of aliphatic hydroxyl groups is 1. The van der Waals surface area contributed by atoms with Crippen LogP contribution in [0.1, 0.15) is 40.8 Å². The van der Waals surface area contributed by atoms with Gasteiger partial charge in [0.25, 0.3) is 0 Å². The molecule has 0 bridgehead atoms. The number of halogens is 4. The van der Waals surface area contributed by atoms with Crippen LogP contribution in [0.2, 0.25) is 0 Å². The largest absolute Gasteiger partial charge is 0.506 e. The van der Waals surface area contributed by atoms with Crippen LogP contribution in [0.5, 0.6) is 5.75 Å². The molecule has 0 spiro atoms. The second-order valence-corrected chi connectivity index (χ2v) is 11.5. The van der Waals surface area contributed by atoms with Crippen LogP contribution in [0.15, 0.2) is 60.7 Å². The average Bonchev–Trinajstić information content (AvgIpc) is 2.86. The lowest BCUT2D eigenvalue weighted by molar-refractivity contribution is -0.137. The van der Waals surface area contributed by atoms with Crippen LogP contribution in [0.4, 0.5) is 23.2 Å². The molecule has 222 valence electrons. The summed E-state index contributed by atoms with van der Waals surface area (Å²) in [6.07, 6.45) is -4.22. The maximum Gasteiger partial charge on any atom is 0.416 e. The molecule has 0 heterocycles. The molecule has 0 aliphatic carbocycles. The third-order valence-electron chi connectivity index (χ3n) is 6.03. The summed E-state index contributed by atoms with van der Waals surface area (Å²) in [6.45, 7) is 1.78. The lowest BCUT2D eigenvalue weighted by Gasteiger charge is -2.19. The Morgan fingerprint density at radius 3 is 2.39 bits per heavy atom. The van der Waals surface area contributed by atoms with E-state index in [-0.39, 0.29) is 42.6 Å². The van der Waals surface area contributed by atoms with E-state index in [1.165, 1.54) is 18.2 Å². The molecule has 3 aromatic rings. The van der Waals surface area contributed by atoms with Gasteiger partial charge in [0, 0.05) is 19.1 Å². The minimum Gasteiger partial charge on any atom is -0.506 e. The topological polar surface area (TPSA) is 128 Å². The van der Waals surface area contributed by atoms with Crippen LogP contribution < -0.4 is 15.4 Å². The fourth-order valence-electron chi connectivity index (χ4n) is 4.13. The number of alkyl halides is 3. The second-order valence-electron chi connectivity index (χ2n) is 9.80. The standard InChI is InChI=1S/C28H31F4N3O5S/c1-17(33-16-26(37)21-6-7-25(36)24(13-21)35-41(2,39)40)8-18-4-3-5-19(9-18)12-27(38)34-15-20-10-22(28(30,31)32)14-23(29)11-20/h3-7,9-11,13-14,17,26,33,35-37H,8,12,15-16H2,1-2H3,(H,34,38). The van der Waals surface area contributed by atoms with Crippen LogP contribution in [0.3, 0.4) is 0 Å². The van der Waals surface area contributed by atoms with Gasteiger partial charge in [0.1, 0.15) is 11.6 Å². The fraction of sp³-hybridized carbons (Fsp3) is 0.321. The number of phenolic OH excluding ortho intramolecular Hbond substituents is 1. The molecule has 2 atom stereocenters. The zero-order valence-corrected chi connectivity index (χ0v) is 23.1. The van der Waals surface area contributed by atoms with Crippen molar-refractivity contribution in [2.24, 2.45) is 0 Å². The summed E-state index contributed by atoms with van der Waals surface area (Å²) in [6, 6.07) is 13.4. The lowest BCUT2D eigenvalue weighted by atomic mass is 10.0. The van der Waals surface area contributed by atoms with Crippen molar-refractivity contribution in [3.05, 3.63) is 94.3 Å². The molecule has 3 rings (SSSR count). The number of aromatic hydroxyl groups is 1. The first kappa shape index (κ1) is 31.8. The van der Waals surface area contributed by atoms with Gasteiger partial charge in [0.15, 0.2) is 0 Å². The maximum absolute atomic E-state index is 13.6. The first-order valence-electron chi connectivity index (χ1n) is 12.5. The Labute approximate surface area is 235 Å². The highest BCUT2D eigenvalue weighted by Gasteiger charge is 2.31. The third kappa shape index (κ3) is 10.3. The molecule has 0 saturated heterocycles. The summed E-state index contributed by atoms with van der Waals surface area (Å²) in [5.74, 6) is -1.75. The summed E-state index contributed by atoms with van der Waals surface area (Å²) >= 11 is 0. The number of aliphatic hydroxyl groups excluding tert-OH is 1. The van der Waals surface area contributed by atoms with Gasteiger partial charge < -0.3 is 20.8 Å². The predicted molar refractivity (Wildman–Crippen MR) is 146 cm³/mol. The van der Waals surface area contributed by atoms with Crippen molar-refractivity contribution in [2.75, 3.05) is 17.5 Å². The molecule has 8 nitrogen and oxygen atoms in total. The Balaban J connectivity index is 1.52. The molecule has 3 aromatic carbocycles. The Bertz CT molecular complexity index is 1480. The molecule has 13 heteroatoms. The van der Waals surface area contributed by atoms with E-state index in [0.29, 0.717) is 23.6 Å². The number of carbonyl (C=O) groups is 1. The lowest BCUT2D eigenvalue weighted by Crippen LogP contribution is -2.32. The van der Waals surface area contributed by atoms with Crippen LogP contribution in [0, 0.1) is 5.82 Å². The number of carbonyl (C=O) groups excluding carboxylic acids is 1. The molecular formula is C28H31F4N3O5S. The smallest absolute Gasteiger partial charge is 0.416 e. The minimum atomic E-state index is -4.70. The SMILES string of the molecule is CC(Cc1cccc(CC(=O)NCc2cc(F)cc(C(F)(F)F)c2)c1)NCC(O)c1ccc(O)c(NS(C)(=O)=O)c1. The van der Waals surface area contributed by atoms with E-state index < -0.39 is 39.6 Å². The van der Waals surface area contributed by atoms with Gasteiger partial charge in [-0.15, -0.1) is 0 Å². The Morgan fingerprint density at radius 1 is 1.00 bits per heavy atom. The Kier molecular flexibility index (Phi) is 10.3. The van der Waals surface area contributed by atoms with Gasteiger partial charge in [-0.05, 0) is 65.9 Å². The van der Waals surface area contributed by atoms with Crippen molar-refractivity contribution in [1.82, 2.24) is 10.6 Å². The number of sulfonamides is 1. The molecule has 5 N–H and O–H groups in total. The summed E-state index contributed by atoms with van der Waals surface area (Å²) in [5.41, 5.74) is 0.805. The number of hydrogen-bond donors (Lipinski definition) is 5.